The minimum Gasteiger partial charge on any atom is -0.508 e. The van der Waals surface area contributed by atoms with Gasteiger partial charge in [-0.3, -0.25) is 0 Å². The molecule has 0 spiro atoms. The lowest BCUT2D eigenvalue weighted by atomic mass is 10.1. The molecule has 3 nitrogen and oxygen atoms in total. The van der Waals surface area contributed by atoms with Crippen molar-refractivity contribution in [2.75, 3.05) is 0 Å². The Balaban J connectivity index is 2.13. The van der Waals surface area contributed by atoms with Crippen LogP contribution < -0.4 is 0 Å². The molecule has 2 atom stereocenters. The molecule has 19 heavy (non-hydrogen) atoms. The summed E-state index contributed by atoms with van der Waals surface area (Å²) in [6.07, 6.45) is -0.508. The Labute approximate surface area is 113 Å². The van der Waals surface area contributed by atoms with E-state index in [-0.39, 0.29) is 23.7 Å². The SMILES string of the molecule is CC(OC(C)c1ccccc1O)c1ccccc1O. The van der Waals surface area contributed by atoms with Gasteiger partial charge in [0.05, 0.1) is 12.2 Å². The lowest BCUT2D eigenvalue weighted by Gasteiger charge is -2.21. The second-order valence-electron chi connectivity index (χ2n) is 4.54. The molecule has 3 heteroatoms. The van der Waals surface area contributed by atoms with Crippen LogP contribution in [0.1, 0.15) is 37.2 Å². The molecule has 2 aromatic rings. The summed E-state index contributed by atoms with van der Waals surface area (Å²) in [5.41, 5.74) is 1.48. The van der Waals surface area contributed by atoms with Gasteiger partial charge in [0.2, 0.25) is 0 Å². The minimum atomic E-state index is -0.254. The summed E-state index contributed by atoms with van der Waals surface area (Å²) in [6, 6.07) is 14.2. The van der Waals surface area contributed by atoms with Crippen LogP contribution >= 0.6 is 0 Å². The van der Waals surface area contributed by atoms with E-state index in [0.717, 1.165) is 11.1 Å². The summed E-state index contributed by atoms with van der Waals surface area (Å²) in [6.45, 7) is 3.76. The van der Waals surface area contributed by atoms with E-state index >= 15 is 0 Å². The summed E-state index contributed by atoms with van der Waals surface area (Å²) in [5, 5.41) is 19.6. The maximum Gasteiger partial charge on any atom is 0.121 e. The van der Waals surface area contributed by atoms with Gasteiger partial charge >= 0.3 is 0 Å². The Morgan fingerprint density at radius 3 is 1.47 bits per heavy atom. The normalized spacial score (nSPS) is 14.0. The zero-order valence-corrected chi connectivity index (χ0v) is 11.1. The molecule has 0 aliphatic heterocycles. The Morgan fingerprint density at radius 2 is 1.11 bits per heavy atom. The third-order valence-electron chi connectivity index (χ3n) is 3.16. The molecule has 0 saturated carbocycles. The molecular weight excluding hydrogens is 240 g/mol. The van der Waals surface area contributed by atoms with Crippen LogP contribution in [0.2, 0.25) is 0 Å². The van der Waals surface area contributed by atoms with Crippen LogP contribution in [0.5, 0.6) is 11.5 Å². The van der Waals surface area contributed by atoms with Gasteiger partial charge in [-0.05, 0) is 26.0 Å². The zero-order valence-electron chi connectivity index (χ0n) is 11.1. The van der Waals surface area contributed by atoms with Crippen molar-refractivity contribution in [1.29, 1.82) is 0 Å². The molecule has 100 valence electrons. The number of benzene rings is 2. The van der Waals surface area contributed by atoms with E-state index in [2.05, 4.69) is 0 Å². The summed E-state index contributed by atoms with van der Waals surface area (Å²) in [4.78, 5) is 0. The van der Waals surface area contributed by atoms with Gasteiger partial charge < -0.3 is 14.9 Å². The van der Waals surface area contributed by atoms with Gasteiger partial charge in [-0.1, -0.05) is 36.4 Å². The van der Waals surface area contributed by atoms with Crippen molar-refractivity contribution in [3.63, 3.8) is 0 Å². The van der Waals surface area contributed by atoms with Gasteiger partial charge in [-0.25, -0.2) is 0 Å². The van der Waals surface area contributed by atoms with Crippen LogP contribution in [-0.2, 0) is 4.74 Å². The van der Waals surface area contributed by atoms with Gasteiger partial charge in [0.1, 0.15) is 11.5 Å². The number of hydrogen-bond acceptors (Lipinski definition) is 3. The quantitative estimate of drug-likeness (QED) is 0.873. The van der Waals surface area contributed by atoms with Crippen LogP contribution in [0, 0.1) is 0 Å². The first-order chi connectivity index (χ1) is 9.09. The van der Waals surface area contributed by atoms with E-state index < -0.39 is 0 Å². The number of rotatable bonds is 4. The Bertz CT molecular complexity index is 502. The van der Waals surface area contributed by atoms with E-state index in [1.807, 2.05) is 38.1 Å². The molecule has 0 aliphatic carbocycles. The largest absolute Gasteiger partial charge is 0.508 e. The van der Waals surface area contributed by atoms with Crippen molar-refractivity contribution in [1.82, 2.24) is 0 Å². The maximum atomic E-state index is 9.79. The number of phenolic OH excluding ortho intramolecular Hbond substituents is 2. The molecule has 0 bridgehead atoms. The average Bonchev–Trinajstić information content (AvgIpc) is 2.39. The third-order valence-corrected chi connectivity index (χ3v) is 3.16. The Hall–Kier alpha value is -2.00. The first-order valence-electron chi connectivity index (χ1n) is 6.31. The molecule has 0 radical (unpaired) electrons. The van der Waals surface area contributed by atoms with Gasteiger partial charge in [0.25, 0.3) is 0 Å². The van der Waals surface area contributed by atoms with Gasteiger partial charge in [-0.2, -0.15) is 0 Å². The van der Waals surface area contributed by atoms with E-state index in [9.17, 15) is 10.2 Å². The third kappa shape index (κ3) is 3.06. The van der Waals surface area contributed by atoms with Crippen molar-refractivity contribution in [3.8, 4) is 11.5 Å². The highest BCUT2D eigenvalue weighted by Gasteiger charge is 2.16. The zero-order chi connectivity index (χ0) is 13.8. The topological polar surface area (TPSA) is 49.7 Å². The molecule has 0 amide bonds. The van der Waals surface area contributed by atoms with Crippen molar-refractivity contribution in [2.24, 2.45) is 0 Å². The van der Waals surface area contributed by atoms with Gasteiger partial charge in [0.15, 0.2) is 0 Å². The number of hydrogen-bond donors (Lipinski definition) is 2. The Kier molecular flexibility index (Phi) is 4.07. The molecule has 2 aromatic carbocycles. The van der Waals surface area contributed by atoms with Crippen LogP contribution in [0.3, 0.4) is 0 Å². The van der Waals surface area contributed by atoms with Crippen LogP contribution in [0.25, 0.3) is 0 Å². The second-order valence-corrected chi connectivity index (χ2v) is 4.54. The van der Waals surface area contributed by atoms with Crippen LogP contribution in [-0.4, -0.2) is 10.2 Å². The fraction of sp³-hybridized carbons (Fsp3) is 0.250. The van der Waals surface area contributed by atoms with Gasteiger partial charge in [0, 0.05) is 11.1 Å². The lowest BCUT2D eigenvalue weighted by molar-refractivity contribution is 0.00368. The lowest BCUT2D eigenvalue weighted by Crippen LogP contribution is -2.05. The van der Waals surface area contributed by atoms with E-state index in [0.29, 0.717) is 0 Å². The summed E-state index contributed by atoms with van der Waals surface area (Å²) in [7, 11) is 0. The molecule has 0 aliphatic rings. The molecular formula is C16H18O3. The monoisotopic (exact) mass is 258 g/mol. The van der Waals surface area contributed by atoms with E-state index in [1.54, 1.807) is 24.3 Å². The number of ether oxygens (including phenoxy) is 1. The smallest absolute Gasteiger partial charge is 0.121 e. The van der Waals surface area contributed by atoms with Crippen molar-refractivity contribution < 1.29 is 14.9 Å². The Morgan fingerprint density at radius 1 is 0.737 bits per heavy atom. The first kappa shape index (κ1) is 13.4. The molecule has 2 unspecified atom stereocenters. The molecule has 0 heterocycles. The highest BCUT2D eigenvalue weighted by Crippen LogP contribution is 2.33. The fourth-order valence-electron chi connectivity index (χ4n) is 2.12. The molecule has 2 rings (SSSR count). The van der Waals surface area contributed by atoms with Crippen LogP contribution in [0.4, 0.5) is 0 Å². The van der Waals surface area contributed by atoms with Crippen molar-refractivity contribution >= 4 is 0 Å². The first-order valence-corrected chi connectivity index (χ1v) is 6.31. The number of aromatic hydroxyl groups is 2. The maximum absolute atomic E-state index is 9.79. The molecule has 0 saturated heterocycles. The molecule has 0 aromatic heterocycles. The predicted molar refractivity (Wildman–Crippen MR) is 74.1 cm³/mol. The van der Waals surface area contributed by atoms with Gasteiger partial charge in [-0.15, -0.1) is 0 Å². The highest BCUT2D eigenvalue weighted by molar-refractivity contribution is 5.35. The summed E-state index contributed by atoms with van der Waals surface area (Å²) >= 11 is 0. The fourth-order valence-corrected chi connectivity index (χ4v) is 2.12. The molecule has 0 fully saturated rings. The van der Waals surface area contributed by atoms with Crippen molar-refractivity contribution in [2.45, 2.75) is 26.1 Å². The summed E-state index contributed by atoms with van der Waals surface area (Å²) < 4.78 is 5.86. The highest BCUT2D eigenvalue weighted by atomic mass is 16.5. The van der Waals surface area contributed by atoms with E-state index in [1.165, 1.54) is 0 Å². The standard InChI is InChI=1S/C16H18O3/c1-11(13-7-3-5-9-15(13)17)19-12(2)14-8-4-6-10-16(14)18/h3-12,17-18H,1-2H3. The second kappa shape index (κ2) is 5.76. The number of para-hydroxylation sites is 2. The van der Waals surface area contributed by atoms with E-state index in [4.69, 9.17) is 4.74 Å². The van der Waals surface area contributed by atoms with Crippen LogP contribution in [0.15, 0.2) is 48.5 Å². The minimum absolute atomic E-state index is 0.222. The average molecular weight is 258 g/mol. The summed E-state index contributed by atoms with van der Waals surface area (Å²) in [5.74, 6) is 0.443. The number of phenols is 2. The molecule has 2 N–H and O–H groups in total. The predicted octanol–water partition coefficient (Wildman–Crippen LogP) is 3.94. The van der Waals surface area contributed by atoms with Crippen molar-refractivity contribution in [3.05, 3.63) is 59.7 Å².